The van der Waals surface area contributed by atoms with Crippen LogP contribution in [0.1, 0.15) is 49.7 Å². The Balaban J connectivity index is 1.20. The molecule has 1 N–H and O–H groups in total. The third-order valence-electron chi connectivity index (χ3n) is 7.92. The molecule has 0 spiro atoms. The van der Waals surface area contributed by atoms with Gasteiger partial charge in [0.1, 0.15) is 0 Å². The second-order valence-electron chi connectivity index (χ2n) is 10.5. The lowest BCUT2D eigenvalue weighted by molar-refractivity contribution is -0.144. The van der Waals surface area contributed by atoms with Crippen LogP contribution in [0.15, 0.2) is 24.3 Å². The van der Waals surface area contributed by atoms with Crippen LogP contribution >= 0.6 is 15.9 Å². The Kier molecular flexibility index (Phi) is 5.28. The second kappa shape index (κ2) is 7.65. The zero-order valence-corrected chi connectivity index (χ0v) is 19.2. The van der Waals surface area contributed by atoms with Crippen LogP contribution in [0.25, 0.3) is 0 Å². The van der Waals surface area contributed by atoms with E-state index < -0.39 is 0 Å². The normalized spacial score (nSPS) is 37.0. The van der Waals surface area contributed by atoms with E-state index in [0.29, 0.717) is 12.5 Å². The summed E-state index contributed by atoms with van der Waals surface area (Å²) in [6.45, 7) is 6.23. The van der Waals surface area contributed by atoms with E-state index in [2.05, 4.69) is 62.4 Å². The summed E-state index contributed by atoms with van der Waals surface area (Å²) in [7, 11) is 2.20. The molecular formula is C24H34BrN3O. The molecule has 1 aromatic rings. The minimum absolute atomic E-state index is 0.120. The van der Waals surface area contributed by atoms with Crippen molar-refractivity contribution in [1.29, 1.82) is 0 Å². The van der Waals surface area contributed by atoms with Crippen LogP contribution in [-0.2, 0) is 17.9 Å². The SMILES string of the molecule is CN1CCN(Cc2cccc(CNC(=O)C34CC5CC(CC(Br)(C5)C3)C4)c2)CC1. The van der Waals surface area contributed by atoms with E-state index in [0.717, 1.165) is 63.8 Å². The van der Waals surface area contributed by atoms with E-state index in [1.54, 1.807) is 0 Å². The van der Waals surface area contributed by atoms with Crippen molar-refractivity contribution < 1.29 is 4.79 Å². The van der Waals surface area contributed by atoms with Crippen molar-refractivity contribution in [2.75, 3.05) is 33.2 Å². The molecule has 4 nitrogen and oxygen atoms in total. The zero-order valence-electron chi connectivity index (χ0n) is 17.6. The minimum Gasteiger partial charge on any atom is -0.352 e. The molecule has 6 rings (SSSR count). The van der Waals surface area contributed by atoms with Crippen LogP contribution in [0.3, 0.4) is 0 Å². The summed E-state index contributed by atoms with van der Waals surface area (Å²) in [5.74, 6) is 1.79. The third kappa shape index (κ3) is 4.15. The van der Waals surface area contributed by atoms with E-state index in [1.165, 1.54) is 30.4 Å². The average molecular weight is 460 g/mol. The fourth-order valence-electron chi connectivity index (χ4n) is 6.89. The van der Waals surface area contributed by atoms with E-state index in [-0.39, 0.29) is 9.74 Å². The molecule has 5 fully saturated rings. The van der Waals surface area contributed by atoms with Gasteiger partial charge in [-0.05, 0) is 68.5 Å². The van der Waals surface area contributed by atoms with Crippen LogP contribution in [0.4, 0.5) is 0 Å². The predicted molar refractivity (Wildman–Crippen MR) is 120 cm³/mol. The topological polar surface area (TPSA) is 35.6 Å². The molecule has 4 aliphatic carbocycles. The Morgan fingerprint density at radius 1 is 1.10 bits per heavy atom. The fraction of sp³-hybridized carbons (Fsp3) is 0.708. The molecule has 2 atom stereocenters. The van der Waals surface area contributed by atoms with Crippen LogP contribution in [0.2, 0.25) is 0 Å². The number of hydrogen-bond acceptors (Lipinski definition) is 3. The molecule has 2 unspecified atom stereocenters. The number of rotatable bonds is 5. The molecule has 1 aromatic carbocycles. The van der Waals surface area contributed by atoms with Gasteiger partial charge >= 0.3 is 0 Å². The van der Waals surface area contributed by atoms with E-state index in [9.17, 15) is 4.79 Å². The lowest BCUT2D eigenvalue weighted by Gasteiger charge is -2.59. The number of likely N-dealkylation sites (N-methyl/N-ethyl adjacent to an activating group) is 1. The molecule has 29 heavy (non-hydrogen) atoms. The highest BCUT2D eigenvalue weighted by atomic mass is 79.9. The number of hydrogen-bond donors (Lipinski definition) is 1. The standard InChI is InChI=1S/C24H34BrN3O/c1-27-5-7-28(8-6-27)16-19-4-2-3-18(9-19)15-26-22(29)23-11-20-10-21(12-23)14-24(25,13-20)17-23/h2-4,9,20-21H,5-8,10-17H2,1H3,(H,26,29). The maximum absolute atomic E-state index is 13.3. The number of benzene rings is 1. The van der Waals surface area contributed by atoms with Crippen molar-refractivity contribution in [3.8, 4) is 0 Å². The molecule has 5 aliphatic rings. The molecule has 1 aliphatic heterocycles. The van der Waals surface area contributed by atoms with Gasteiger partial charge < -0.3 is 10.2 Å². The lowest BCUT2D eigenvalue weighted by atomic mass is 9.49. The van der Waals surface area contributed by atoms with Crippen molar-refractivity contribution in [2.45, 2.75) is 55.9 Å². The molecular weight excluding hydrogens is 426 g/mol. The van der Waals surface area contributed by atoms with Gasteiger partial charge in [-0.15, -0.1) is 0 Å². The first-order valence-corrected chi connectivity index (χ1v) is 12.2. The van der Waals surface area contributed by atoms with Gasteiger partial charge in [0.25, 0.3) is 0 Å². The van der Waals surface area contributed by atoms with E-state index >= 15 is 0 Å². The van der Waals surface area contributed by atoms with Gasteiger partial charge in [0, 0.05) is 43.6 Å². The van der Waals surface area contributed by atoms with Crippen molar-refractivity contribution in [3.05, 3.63) is 35.4 Å². The Bertz CT molecular complexity index is 759. The van der Waals surface area contributed by atoms with Crippen LogP contribution in [0, 0.1) is 17.3 Å². The summed E-state index contributed by atoms with van der Waals surface area (Å²) >= 11 is 4.03. The number of carbonyl (C=O) groups is 1. The van der Waals surface area contributed by atoms with Gasteiger partial charge in [0.15, 0.2) is 0 Å². The molecule has 4 bridgehead atoms. The average Bonchev–Trinajstić information content (AvgIpc) is 2.66. The molecule has 158 valence electrons. The highest BCUT2D eigenvalue weighted by Gasteiger charge is 2.59. The van der Waals surface area contributed by atoms with Crippen molar-refractivity contribution >= 4 is 21.8 Å². The first-order chi connectivity index (χ1) is 13.9. The number of halogens is 1. The number of carbonyl (C=O) groups excluding carboxylic acids is 1. The van der Waals surface area contributed by atoms with Crippen LogP contribution in [-0.4, -0.2) is 53.3 Å². The highest BCUT2D eigenvalue weighted by Crippen LogP contribution is 2.64. The van der Waals surface area contributed by atoms with Crippen LogP contribution < -0.4 is 5.32 Å². The fourth-order valence-corrected chi connectivity index (χ4v) is 8.34. The molecule has 0 aromatic heterocycles. The van der Waals surface area contributed by atoms with Crippen LogP contribution in [0.5, 0.6) is 0 Å². The largest absolute Gasteiger partial charge is 0.352 e. The first kappa shape index (κ1) is 20.0. The van der Waals surface area contributed by atoms with Gasteiger partial charge in [0.05, 0.1) is 5.41 Å². The van der Waals surface area contributed by atoms with Crippen molar-refractivity contribution in [1.82, 2.24) is 15.1 Å². The first-order valence-electron chi connectivity index (χ1n) is 11.4. The minimum atomic E-state index is -0.120. The lowest BCUT2D eigenvalue weighted by Crippen LogP contribution is -2.58. The summed E-state index contributed by atoms with van der Waals surface area (Å²) < 4.78 is 0.233. The third-order valence-corrected chi connectivity index (χ3v) is 8.85. The second-order valence-corrected chi connectivity index (χ2v) is 12.2. The quantitative estimate of drug-likeness (QED) is 0.680. The van der Waals surface area contributed by atoms with Gasteiger partial charge in [0.2, 0.25) is 5.91 Å². The predicted octanol–water partition coefficient (Wildman–Crippen LogP) is 3.78. The van der Waals surface area contributed by atoms with E-state index in [4.69, 9.17) is 0 Å². The molecule has 1 amide bonds. The van der Waals surface area contributed by atoms with Gasteiger partial charge in [-0.1, -0.05) is 40.2 Å². The monoisotopic (exact) mass is 459 g/mol. The summed E-state index contributed by atoms with van der Waals surface area (Å²) in [6.07, 6.45) is 7.12. The molecule has 5 heteroatoms. The van der Waals surface area contributed by atoms with Gasteiger partial charge in [-0.3, -0.25) is 9.69 Å². The molecule has 0 radical (unpaired) electrons. The van der Waals surface area contributed by atoms with E-state index in [1.807, 2.05) is 0 Å². The highest BCUT2D eigenvalue weighted by molar-refractivity contribution is 9.10. The molecule has 1 saturated heterocycles. The van der Waals surface area contributed by atoms with Crippen molar-refractivity contribution in [3.63, 3.8) is 0 Å². The summed E-state index contributed by atoms with van der Waals surface area (Å²) in [6, 6.07) is 8.80. The number of nitrogens with one attached hydrogen (secondary N) is 1. The van der Waals surface area contributed by atoms with Gasteiger partial charge in [-0.2, -0.15) is 0 Å². The Morgan fingerprint density at radius 2 is 1.79 bits per heavy atom. The summed E-state index contributed by atoms with van der Waals surface area (Å²) in [4.78, 5) is 18.2. The Morgan fingerprint density at radius 3 is 2.48 bits per heavy atom. The number of alkyl halides is 1. The Labute approximate surface area is 183 Å². The molecule has 4 saturated carbocycles. The number of amides is 1. The smallest absolute Gasteiger partial charge is 0.226 e. The van der Waals surface area contributed by atoms with Gasteiger partial charge in [-0.25, -0.2) is 0 Å². The summed E-state index contributed by atoms with van der Waals surface area (Å²) in [5.41, 5.74) is 2.46. The van der Waals surface area contributed by atoms with Crippen molar-refractivity contribution in [2.24, 2.45) is 17.3 Å². The number of piperazine rings is 1. The maximum Gasteiger partial charge on any atom is 0.226 e. The summed E-state index contributed by atoms with van der Waals surface area (Å²) in [5, 5.41) is 3.33. The number of nitrogens with zero attached hydrogens (tertiary/aromatic N) is 2. The molecule has 1 heterocycles. The zero-order chi connectivity index (χ0) is 20.1. The maximum atomic E-state index is 13.3. The Hall–Kier alpha value is -0.910.